The Labute approximate surface area is 96.2 Å². The third-order valence-corrected chi connectivity index (χ3v) is 3.36. The molecule has 1 aromatic heterocycles. The van der Waals surface area contributed by atoms with Crippen LogP contribution < -0.4 is 0 Å². The zero-order valence-corrected chi connectivity index (χ0v) is 9.77. The first-order valence-corrected chi connectivity index (χ1v) is 5.95. The van der Waals surface area contributed by atoms with Crippen LogP contribution in [-0.4, -0.2) is 22.8 Å². The first-order valence-electron chi connectivity index (χ1n) is 5.03. The number of rotatable bonds is 0. The van der Waals surface area contributed by atoms with Crippen LogP contribution in [0.15, 0.2) is 24.3 Å². The Kier molecular flexibility index (Phi) is 2.25. The minimum absolute atomic E-state index is 0.201. The van der Waals surface area contributed by atoms with Gasteiger partial charge in [-0.2, -0.15) is 0 Å². The quantitative estimate of drug-likeness (QED) is 0.686. The van der Waals surface area contributed by atoms with Gasteiger partial charge in [0.2, 0.25) is 0 Å². The van der Waals surface area contributed by atoms with E-state index >= 15 is 0 Å². The van der Waals surface area contributed by atoms with E-state index in [2.05, 4.69) is 37.6 Å². The lowest BCUT2D eigenvalue weighted by molar-refractivity contribution is 0.140. The maximum Gasteiger partial charge on any atom is 0.126 e. The van der Waals surface area contributed by atoms with E-state index in [1.165, 1.54) is 5.52 Å². The van der Waals surface area contributed by atoms with Crippen molar-refractivity contribution in [2.75, 3.05) is 13.2 Å². The Morgan fingerprint density at radius 2 is 2.27 bits per heavy atom. The van der Waals surface area contributed by atoms with Crippen LogP contribution in [0.5, 0.6) is 0 Å². The minimum Gasteiger partial charge on any atom is -0.378 e. The number of benzene rings is 1. The molecule has 1 unspecified atom stereocenters. The number of fused-ring (bicyclic) bond motifs is 3. The molecular formula is C11H11BrN2O. The summed E-state index contributed by atoms with van der Waals surface area (Å²) in [4.78, 5) is 4.83. The summed E-state index contributed by atoms with van der Waals surface area (Å²) in [6, 6.07) is 8.23. The first kappa shape index (κ1) is 9.36. The van der Waals surface area contributed by atoms with E-state index in [4.69, 9.17) is 4.74 Å². The molecule has 3 rings (SSSR count). The lowest BCUT2D eigenvalue weighted by atomic mass is 10.3. The Morgan fingerprint density at radius 3 is 3.20 bits per heavy atom. The topological polar surface area (TPSA) is 27.1 Å². The van der Waals surface area contributed by atoms with Crippen molar-refractivity contribution in [3.05, 3.63) is 30.1 Å². The molecule has 0 aliphatic carbocycles. The van der Waals surface area contributed by atoms with Crippen molar-refractivity contribution >= 4 is 27.0 Å². The molecule has 1 aromatic carbocycles. The molecule has 0 N–H and O–H groups in total. The molecule has 15 heavy (non-hydrogen) atoms. The van der Waals surface area contributed by atoms with Crippen molar-refractivity contribution in [1.29, 1.82) is 0 Å². The van der Waals surface area contributed by atoms with E-state index in [1.54, 1.807) is 0 Å². The van der Waals surface area contributed by atoms with Gasteiger partial charge in [0, 0.05) is 6.54 Å². The van der Waals surface area contributed by atoms with E-state index in [9.17, 15) is 0 Å². The molecule has 2 heterocycles. The highest BCUT2D eigenvalue weighted by atomic mass is 79.9. The number of aromatic nitrogens is 2. The second-order valence-corrected chi connectivity index (χ2v) is 4.76. The van der Waals surface area contributed by atoms with Gasteiger partial charge in [-0.1, -0.05) is 28.1 Å². The molecule has 3 nitrogen and oxygen atoms in total. The maximum absolute atomic E-state index is 5.49. The average molecular weight is 267 g/mol. The molecular weight excluding hydrogens is 256 g/mol. The van der Waals surface area contributed by atoms with Crippen molar-refractivity contribution in [2.45, 2.75) is 11.4 Å². The smallest absolute Gasteiger partial charge is 0.126 e. The summed E-state index contributed by atoms with van der Waals surface area (Å²) in [5.41, 5.74) is 2.27. The van der Waals surface area contributed by atoms with E-state index in [0.29, 0.717) is 6.61 Å². The maximum atomic E-state index is 5.49. The van der Waals surface area contributed by atoms with Crippen LogP contribution in [0.25, 0.3) is 11.0 Å². The van der Waals surface area contributed by atoms with Gasteiger partial charge in [-0.05, 0) is 12.1 Å². The summed E-state index contributed by atoms with van der Waals surface area (Å²) >= 11 is 3.61. The van der Waals surface area contributed by atoms with E-state index in [1.807, 2.05) is 12.1 Å². The van der Waals surface area contributed by atoms with Gasteiger partial charge in [0.1, 0.15) is 5.82 Å². The summed E-state index contributed by atoms with van der Waals surface area (Å²) in [5, 5.41) is 0. The zero-order chi connectivity index (χ0) is 10.3. The number of alkyl halides is 1. The van der Waals surface area contributed by atoms with Crippen LogP contribution in [-0.2, 0) is 11.3 Å². The van der Waals surface area contributed by atoms with Gasteiger partial charge in [0.15, 0.2) is 0 Å². The van der Waals surface area contributed by atoms with Crippen LogP contribution >= 0.6 is 15.9 Å². The molecule has 1 aliphatic heterocycles. The van der Waals surface area contributed by atoms with Gasteiger partial charge in [-0.15, -0.1) is 0 Å². The Balaban J connectivity index is 2.26. The zero-order valence-electron chi connectivity index (χ0n) is 8.19. The summed E-state index contributed by atoms with van der Waals surface area (Å²) < 4.78 is 7.73. The van der Waals surface area contributed by atoms with Crippen LogP contribution in [0.3, 0.4) is 0 Å². The van der Waals surface area contributed by atoms with E-state index in [0.717, 1.165) is 24.5 Å². The monoisotopic (exact) mass is 266 g/mol. The molecule has 2 aromatic rings. The average Bonchev–Trinajstić information content (AvgIpc) is 2.54. The molecule has 0 amide bonds. The lowest BCUT2D eigenvalue weighted by Crippen LogP contribution is -2.03. The number of halogens is 1. The van der Waals surface area contributed by atoms with Gasteiger partial charge < -0.3 is 9.30 Å². The largest absolute Gasteiger partial charge is 0.378 e. The number of ether oxygens (including phenoxy) is 1. The van der Waals surface area contributed by atoms with E-state index < -0.39 is 0 Å². The minimum atomic E-state index is 0.201. The Hall–Kier alpha value is -0.870. The van der Waals surface area contributed by atoms with Crippen LogP contribution in [0.4, 0.5) is 0 Å². The highest BCUT2D eigenvalue weighted by Gasteiger charge is 2.20. The van der Waals surface area contributed by atoms with Crippen molar-refractivity contribution in [3.8, 4) is 0 Å². The predicted octanol–water partition coefficient (Wildman–Crippen LogP) is 2.50. The second-order valence-electron chi connectivity index (χ2n) is 3.65. The van der Waals surface area contributed by atoms with Crippen LogP contribution in [0, 0.1) is 0 Å². The molecule has 4 heteroatoms. The Morgan fingerprint density at radius 1 is 1.40 bits per heavy atom. The fourth-order valence-electron chi connectivity index (χ4n) is 1.99. The number of para-hydroxylation sites is 2. The number of hydrogen-bond acceptors (Lipinski definition) is 2. The lowest BCUT2D eigenvalue weighted by Gasteiger charge is -2.05. The highest BCUT2D eigenvalue weighted by Crippen LogP contribution is 2.28. The molecule has 0 spiro atoms. The number of imidazole rings is 1. The van der Waals surface area contributed by atoms with Gasteiger partial charge in [-0.25, -0.2) is 4.98 Å². The molecule has 0 saturated carbocycles. The molecule has 0 fully saturated rings. The van der Waals surface area contributed by atoms with Crippen LogP contribution in [0.2, 0.25) is 0 Å². The van der Waals surface area contributed by atoms with Gasteiger partial charge >= 0.3 is 0 Å². The molecule has 0 saturated heterocycles. The fourth-order valence-corrected chi connectivity index (χ4v) is 2.52. The molecule has 0 radical (unpaired) electrons. The Bertz CT molecular complexity index is 494. The predicted molar refractivity (Wildman–Crippen MR) is 62.2 cm³/mol. The van der Waals surface area contributed by atoms with E-state index in [-0.39, 0.29) is 4.83 Å². The standard InChI is InChI=1S/C11H11BrN2O/c12-8-7-15-6-5-14-10-4-2-1-3-9(10)13-11(8)14/h1-4,8H,5-7H2. The second kappa shape index (κ2) is 3.61. The summed E-state index contributed by atoms with van der Waals surface area (Å²) in [6.45, 7) is 2.34. The highest BCUT2D eigenvalue weighted by molar-refractivity contribution is 9.09. The van der Waals surface area contributed by atoms with Crippen LogP contribution in [0.1, 0.15) is 10.7 Å². The summed E-state index contributed by atoms with van der Waals surface area (Å²) in [5.74, 6) is 1.08. The number of nitrogens with zero attached hydrogens (tertiary/aromatic N) is 2. The molecule has 0 bridgehead atoms. The normalized spacial score (nSPS) is 21.3. The van der Waals surface area contributed by atoms with Gasteiger partial charge in [0.25, 0.3) is 0 Å². The van der Waals surface area contributed by atoms with Crippen molar-refractivity contribution in [2.24, 2.45) is 0 Å². The summed E-state index contributed by atoms with van der Waals surface area (Å²) in [6.07, 6.45) is 0. The molecule has 1 aliphatic rings. The van der Waals surface area contributed by atoms with Gasteiger partial charge in [0.05, 0.1) is 29.1 Å². The first-order chi connectivity index (χ1) is 7.36. The summed E-state index contributed by atoms with van der Waals surface area (Å²) in [7, 11) is 0. The fraction of sp³-hybridized carbons (Fsp3) is 0.364. The third-order valence-electron chi connectivity index (χ3n) is 2.69. The van der Waals surface area contributed by atoms with Crippen molar-refractivity contribution < 1.29 is 4.74 Å². The third kappa shape index (κ3) is 1.48. The number of hydrogen-bond donors (Lipinski definition) is 0. The van der Waals surface area contributed by atoms with Crippen molar-refractivity contribution in [1.82, 2.24) is 9.55 Å². The van der Waals surface area contributed by atoms with Gasteiger partial charge in [-0.3, -0.25) is 0 Å². The molecule has 78 valence electrons. The van der Waals surface area contributed by atoms with Crippen molar-refractivity contribution in [3.63, 3.8) is 0 Å². The molecule has 1 atom stereocenters. The SMILES string of the molecule is BrC1COCCn2c1nc1ccccc12.